The predicted octanol–water partition coefficient (Wildman–Crippen LogP) is 0.813. The van der Waals surface area contributed by atoms with Gasteiger partial charge in [0.05, 0.1) is 12.6 Å². The maximum absolute atomic E-state index is 11.9. The van der Waals surface area contributed by atoms with Crippen LogP contribution in [0.15, 0.2) is 23.2 Å². The highest BCUT2D eigenvalue weighted by molar-refractivity contribution is 7.89. The summed E-state index contributed by atoms with van der Waals surface area (Å²) in [6, 6.07) is 5.21. The fourth-order valence-electron chi connectivity index (χ4n) is 1.84. The highest BCUT2D eigenvalue weighted by Crippen LogP contribution is 2.23. The molecule has 0 saturated carbocycles. The van der Waals surface area contributed by atoms with Gasteiger partial charge in [-0.05, 0) is 19.2 Å². The molecule has 0 atom stereocenters. The summed E-state index contributed by atoms with van der Waals surface area (Å²) in [6.45, 7) is 1.91. The quantitative estimate of drug-likeness (QED) is 0.891. The Morgan fingerprint density at radius 1 is 1.44 bits per heavy atom. The van der Waals surface area contributed by atoms with Crippen LogP contribution >= 0.6 is 0 Å². The van der Waals surface area contributed by atoms with Gasteiger partial charge in [0.15, 0.2) is 10.9 Å². The Kier molecular flexibility index (Phi) is 3.27. The van der Waals surface area contributed by atoms with Crippen LogP contribution in [0.2, 0.25) is 0 Å². The van der Waals surface area contributed by atoms with Crippen LogP contribution in [0.3, 0.4) is 0 Å². The van der Waals surface area contributed by atoms with Crippen molar-refractivity contribution < 1.29 is 13.2 Å². The Balaban J connectivity index is 2.87. The molecule has 18 heavy (non-hydrogen) atoms. The van der Waals surface area contributed by atoms with Crippen LogP contribution in [0.5, 0.6) is 5.88 Å². The van der Waals surface area contributed by atoms with E-state index in [4.69, 9.17) is 4.74 Å². The topological polar surface area (TPSA) is 72.7 Å². The molecule has 0 radical (unpaired) electrons. The second-order valence-electron chi connectivity index (χ2n) is 3.68. The second-order valence-corrected chi connectivity index (χ2v) is 5.48. The van der Waals surface area contributed by atoms with Crippen molar-refractivity contribution in [1.82, 2.24) is 14.1 Å². The zero-order valence-corrected chi connectivity index (χ0v) is 11.3. The maximum atomic E-state index is 11.9. The van der Waals surface area contributed by atoms with Gasteiger partial charge < -0.3 is 4.74 Å². The molecule has 0 bridgehead atoms. The minimum absolute atomic E-state index is 0.0285. The van der Waals surface area contributed by atoms with E-state index >= 15 is 0 Å². The number of imidazole rings is 1. The lowest BCUT2D eigenvalue weighted by molar-refractivity contribution is 0.390. The van der Waals surface area contributed by atoms with Crippen molar-refractivity contribution in [3.05, 3.63) is 24.0 Å². The Morgan fingerprint density at radius 2 is 2.17 bits per heavy atom. The van der Waals surface area contributed by atoms with Crippen molar-refractivity contribution in [2.24, 2.45) is 0 Å². The minimum atomic E-state index is -3.58. The summed E-state index contributed by atoms with van der Waals surface area (Å²) in [5, 5.41) is 0.0285. The lowest BCUT2D eigenvalue weighted by atomic mass is 10.4. The third kappa shape index (κ3) is 1.85. The number of methoxy groups -OCH3 is 1. The van der Waals surface area contributed by atoms with Crippen LogP contribution in [-0.4, -0.2) is 32.0 Å². The Hall–Kier alpha value is -1.60. The van der Waals surface area contributed by atoms with Crippen LogP contribution in [0.25, 0.3) is 5.52 Å². The number of hydrogen-bond acceptors (Lipinski definition) is 4. The third-order valence-electron chi connectivity index (χ3n) is 2.71. The molecule has 0 aliphatic rings. The van der Waals surface area contributed by atoms with Gasteiger partial charge in [-0.1, -0.05) is 13.0 Å². The molecule has 0 saturated heterocycles. The minimum Gasteiger partial charge on any atom is -0.482 e. The van der Waals surface area contributed by atoms with Crippen molar-refractivity contribution in [3.63, 3.8) is 0 Å². The monoisotopic (exact) mass is 269 g/mol. The molecule has 0 aromatic carbocycles. The largest absolute Gasteiger partial charge is 0.482 e. The number of nitrogens with zero attached hydrogens (tertiary/aromatic N) is 2. The summed E-state index contributed by atoms with van der Waals surface area (Å²) < 4.78 is 33.1. The molecule has 7 heteroatoms. The summed E-state index contributed by atoms with van der Waals surface area (Å²) >= 11 is 0. The number of aryl methyl sites for hydroxylation is 1. The van der Waals surface area contributed by atoms with Gasteiger partial charge in [0.1, 0.15) is 5.82 Å². The van der Waals surface area contributed by atoms with Gasteiger partial charge in [-0.2, -0.15) is 0 Å². The van der Waals surface area contributed by atoms with E-state index in [1.807, 2.05) is 6.92 Å². The number of aromatic nitrogens is 2. The van der Waals surface area contributed by atoms with Gasteiger partial charge in [0.25, 0.3) is 10.0 Å². The molecule has 2 heterocycles. The highest BCUT2D eigenvalue weighted by Gasteiger charge is 2.22. The van der Waals surface area contributed by atoms with E-state index in [0.29, 0.717) is 23.6 Å². The fourth-order valence-corrected chi connectivity index (χ4v) is 2.69. The Bertz CT molecular complexity index is 676. The zero-order valence-electron chi connectivity index (χ0n) is 10.5. The number of pyridine rings is 1. The van der Waals surface area contributed by atoms with Crippen LogP contribution < -0.4 is 9.46 Å². The Labute approximate surface area is 106 Å². The lowest BCUT2D eigenvalue weighted by Gasteiger charge is -2.05. The van der Waals surface area contributed by atoms with Gasteiger partial charge in [-0.25, -0.2) is 18.1 Å². The molecule has 6 nitrogen and oxygen atoms in total. The van der Waals surface area contributed by atoms with E-state index in [-0.39, 0.29) is 5.03 Å². The van der Waals surface area contributed by atoms with E-state index in [1.165, 1.54) is 7.05 Å². The number of nitrogens with one attached hydrogen (secondary N) is 1. The summed E-state index contributed by atoms with van der Waals surface area (Å²) in [7, 11) is -0.667. The van der Waals surface area contributed by atoms with Gasteiger partial charge >= 0.3 is 0 Å². The van der Waals surface area contributed by atoms with Crippen LogP contribution in [-0.2, 0) is 16.4 Å². The maximum Gasteiger partial charge on any atom is 0.259 e. The summed E-state index contributed by atoms with van der Waals surface area (Å²) in [5.41, 5.74) is 0.514. The molecule has 0 fully saturated rings. The normalized spacial score (nSPS) is 11.9. The summed E-state index contributed by atoms with van der Waals surface area (Å²) in [5.74, 6) is 1.21. The molecule has 0 amide bonds. The first-order valence-corrected chi connectivity index (χ1v) is 7.01. The molecule has 2 aromatic heterocycles. The molecule has 0 aliphatic carbocycles. The third-order valence-corrected chi connectivity index (χ3v) is 4.06. The van der Waals surface area contributed by atoms with E-state index < -0.39 is 10.0 Å². The molecule has 2 rings (SSSR count). The standard InChI is InChI=1S/C11H15N3O3S/c1-4-9-13-11(18(15,16)12-2)8-6-5-7-10(17-3)14(8)9/h5-7,12H,4H2,1-3H3. The van der Waals surface area contributed by atoms with Gasteiger partial charge in [0.2, 0.25) is 0 Å². The number of ether oxygens (including phenoxy) is 1. The van der Waals surface area contributed by atoms with E-state index in [9.17, 15) is 8.42 Å². The van der Waals surface area contributed by atoms with Crippen molar-refractivity contribution >= 4 is 15.5 Å². The average molecular weight is 269 g/mol. The number of hydrogen-bond donors (Lipinski definition) is 1. The van der Waals surface area contributed by atoms with Crippen molar-refractivity contribution in [2.75, 3.05) is 14.2 Å². The first-order chi connectivity index (χ1) is 8.55. The fraction of sp³-hybridized carbons (Fsp3) is 0.364. The lowest BCUT2D eigenvalue weighted by Crippen LogP contribution is -2.19. The number of fused-ring (bicyclic) bond motifs is 1. The number of sulfonamides is 1. The molecule has 0 aliphatic heterocycles. The molecule has 1 N–H and O–H groups in total. The van der Waals surface area contributed by atoms with Gasteiger partial charge in [0, 0.05) is 6.42 Å². The van der Waals surface area contributed by atoms with E-state index in [1.54, 1.807) is 29.7 Å². The van der Waals surface area contributed by atoms with Crippen LogP contribution in [0.4, 0.5) is 0 Å². The van der Waals surface area contributed by atoms with E-state index in [2.05, 4.69) is 9.71 Å². The smallest absolute Gasteiger partial charge is 0.259 e. The first kappa shape index (κ1) is 12.8. The summed E-state index contributed by atoms with van der Waals surface area (Å²) in [4.78, 5) is 4.19. The summed E-state index contributed by atoms with van der Waals surface area (Å²) in [6.07, 6.45) is 0.612. The molecular formula is C11H15N3O3S. The van der Waals surface area contributed by atoms with Crippen molar-refractivity contribution in [2.45, 2.75) is 18.4 Å². The van der Waals surface area contributed by atoms with Crippen molar-refractivity contribution in [3.8, 4) is 5.88 Å². The molecule has 0 spiro atoms. The predicted molar refractivity (Wildman–Crippen MR) is 67.4 cm³/mol. The first-order valence-electron chi connectivity index (χ1n) is 5.53. The van der Waals surface area contributed by atoms with E-state index in [0.717, 1.165) is 0 Å². The SMILES string of the molecule is CCc1nc(S(=O)(=O)NC)c2cccc(OC)n12. The Morgan fingerprint density at radius 3 is 2.72 bits per heavy atom. The molecule has 0 unspecified atom stereocenters. The molecule has 2 aromatic rings. The average Bonchev–Trinajstić information content (AvgIpc) is 2.78. The van der Waals surface area contributed by atoms with Gasteiger partial charge in [-0.15, -0.1) is 0 Å². The second kappa shape index (κ2) is 4.58. The van der Waals surface area contributed by atoms with Crippen molar-refractivity contribution in [1.29, 1.82) is 0 Å². The van der Waals surface area contributed by atoms with Crippen LogP contribution in [0.1, 0.15) is 12.7 Å². The van der Waals surface area contributed by atoms with Crippen LogP contribution in [0, 0.1) is 0 Å². The molecule has 98 valence electrons. The molecular weight excluding hydrogens is 254 g/mol. The highest BCUT2D eigenvalue weighted by atomic mass is 32.2. The zero-order chi connectivity index (χ0) is 13.3. The van der Waals surface area contributed by atoms with Gasteiger partial charge in [-0.3, -0.25) is 4.40 Å². The number of rotatable bonds is 4.